The van der Waals surface area contributed by atoms with Crippen molar-refractivity contribution in [1.82, 2.24) is 14.8 Å². The van der Waals surface area contributed by atoms with Crippen LogP contribution in [-0.2, 0) is 37.0 Å². The smallest absolute Gasteiger partial charge is 0.297 e. The summed E-state index contributed by atoms with van der Waals surface area (Å²) in [5, 5.41) is 60.2. The number of aromatic nitrogens is 3. The molecule has 0 amide bonds. The van der Waals surface area contributed by atoms with E-state index in [1.54, 1.807) is 25.1 Å². The topological polar surface area (TPSA) is 338 Å². The number of azo groups is 3. The Labute approximate surface area is 360 Å². The SMILES string of the molecule is Cc1cc(N=Nc2ccc3c(S(=O)(=O)O)c(N=Nc4cnn(-c5ccc(S(=O)(=O)O)cc5)c4O)ccc3c2O)c(OCCCS(=O)(=O)O)cc1N=Nc1nc2ccc(CO)cc2s1. The Bertz CT molecular complexity index is 3350. The summed E-state index contributed by atoms with van der Waals surface area (Å²) in [7, 11) is -13.8. The van der Waals surface area contributed by atoms with Gasteiger partial charge in [0.1, 0.15) is 27.7 Å². The lowest BCUT2D eigenvalue weighted by molar-refractivity contribution is 0.282. The molecule has 0 saturated carbocycles. The molecule has 0 atom stereocenters. The van der Waals surface area contributed by atoms with Crippen molar-refractivity contribution in [3.8, 4) is 23.1 Å². The first kappa shape index (κ1) is 44.4. The average molecular weight is 938 g/mol. The van der Waals surface area contributed by atoms with Crippen LogP contribution >= 0.6 is 11.3 Å². The van der Waals surface area contributed by atoms with Gasteiger partial charge in [0, 0.05) is 16.8 Å². The van der Waals surface area contributed by atoms with Gasteiger partial charge in [-0.1, -0.05) is 23.5 Å². The third kappa shape index (κ3) is 10.2. The number of aliphatic hydroxyl groups is 1. The summed E-state index contributed by atoms with van der Waals surface area (Å²) < 4.78 is 107. The predicted octanol–water partition coefficient (Wildman–Crippen LogP) is 8.24. The van der Waals surface area contributed by atoms with E-state index in [0.717, 1.165) is 33.8 Å². The molecule has 26 heteroatoms. The molecule has 7 rings (SSSR count). The van der Waals surface area contributed by atoms with Crippen LogP contribution < -0.4 is 4.74 Å². The number of aromatic hydroxyl groups is 2. The van der Waals surface area contributed by atoms with Gasteiger partial charge in [-0.05, 0) is 85.1 Å². The van der Waals surface area contributed by atoms with Gasteiger partial charge >= 0.3 is 0 Å². The zero-order valence-electron chi connectivity index (χ0n) is 32.1. The fraction of sp³-hybridized carbons (Fsp3) is 0.135. The van der Waals surface area contributed by atoms with E-state index in [0.29, 0.717) is 27.5 Å². The van der Waals surface area contributed by atoms with E-state index in [9.17, 15) is 49.7 Å². The largest absolute Gasteiger partial charge is 0.505 e. The molecule has 63 heavy (non-hydrogen) atoms. The molecule has 7 aromatic rings. The molecule has 0 fully saturated rings. The van der Waals surface area contributed by atoms with Crippen molar-refractivity contribution in [1.29, 1.82) is 0 Å². The molecular formula is C37H31N9O13S4. The van der Waals surface area contributed by atoms with Gasteiger partial charge in [0.15, 0.2) is 11.4 Å². The Morgan fingerprint density at radius 3 is 2.08 bits per heavy atom. The highest BCUT2D eigenvalue weighted by Gasteiger charge is 2.23. The van der Waals surface area contributed by atoms with Gasteiger partial charge in [-0.15, -0.1) is 30.7 Å². The van der Waals surface area contributed by atoms with Crippen LogP contribution in [0.1, 0.15) is 17.5 Å². The number of phenols is 1. The molecule has 326 valence electrons. The fourth-order valence-corrected chi connectivity index (χ4v) is 8.56. The monoisotopic (exact) mass is 937 g/mol. The molecule has 2 heterocycles. The van der Waals surface area contributed by atoms with Crippen molar-refractivity contribution in [2.45, 2.75) is 29.7 Å². The Morgan fingerprint density at radius 1 is 0.714 bits per heavy atom. The summed E-state index contributed by atoms with van der Waals surface area (Å²) in [5.41, 5.74) is 1.70. The standard InChI is InChI=1S/C37H31N9O13S4/c1-20-15-30(32(59-13-2-14-61(50,51)52)17-29(20)42-45-37-39-26-10-3-21(19-47)16-33(26)60-37)43-40-27-11-9-25-24(34(27)48)8-12-28(35(25)63(56,57)58)41-44-31-18-38-46(36(31)49)22-4-6-23(7-5-22)62(53,54)55/h3-12,15-18,47-49H,2,13-14,19H2,1H3,(H,50,51,52)(H,53,54,55)(H,56,57,58). The number of ether oxygens (including phenoxy) is 1. The molecule has 0 aliphatic carbocycles. The van der Waals surface area contributed by atoms with Crippen molar-refractivity contribution in [2.24, 2.45) is 30.7 Å². The van der Waals surface area contributed by atoms with Gasteiger partial charge in [-0.2, -0.15) is 35.0 Å². The zero-order chi connectivity index (χ0) is 45.3. The molecule has 0 aliphatic rings. The number of benzene rings is 5. The average Bonchev–Trinajstić information content (AvgIpc) is 3.81. The van der Waals surface area contributed by atoms with Crippen molar-refractivity contribution in [3.05, 3.63) is 96.2 Å². The van der Waals surface area contributed by atoms with E-state index in [1.807, 2.05) is 0 Å². The molecule has 0 bridgehead atoms. The molecule has 0 radical (unpaired) electrons. The van der Waals surface area contributed by atoms with E-state index in [1.165, 1.54) is 53.8 Å². The summed E-state index contributed by atoms with van der Waals surface area (Å²) in [6.07, 6.45) is 0.979. The highest BCUT2D eigenvalue weighted by Crippen LogP contribution is 2.43. The molecule has 5 aromatic carbocycles. The second-order valence-electron chi connectivity index (χ2n) is 13.3. The first-order chi connectivity index (χ1) is 29.8. The third-order valence-corrected chi connectivity index (χ3v) is 12.4. The van der Waals surface area contributed by atoms with E-state index < -0.39 is 63.2 Å². The second-order valence-corrected chi connectivity index (χ2v) is 18.7. The van der Waals surface area contributed by atoms with Crippen LogP contribution in [0.5, 0.6) is 17.4 Å². The maximum absolute atomic E-state index is 12.7. The number of fused-ring (bicyclic) bond motifs is 2. The van der Waals surface area contributed by atoms with Gasteiger partial charge in [0.2, 0.25) is 11.0 Å². The van der Waals surface area contributed by atoms with Gasteiger partial charge in [-0.3, -0.25) is 13.7 Å². The summed E-state index contributed by atoms with van der Waals surface area (Å²) in [6, 6.07) is 17.8. The first-order valence-electron chi connectivity index (χ1n) is 17.9. The number of thiazole rings is 1. The molecule has 0 spiro atoms. The lowest BCUT2D eigenvalue weighted by Gasteiger charge is -2.11. The van der Waals surface area contributed by atoms with E-state index >= 15 is 0 Å². The number of nitrogens with zero attached hydrogens (tertiary/aromatic N) is 9. The quantitative estimate of drug-likeness (QED) is 0.0320. The number of hydrogen-bond donors (Lipinski definition) is 6. The lowest BCUT2D eigenvalue weighted by Crippen LogP contribution is -2.08. The van der Waals surface area contributed by atoms with E-state index in [2.05, 4.69) is 40.8 Å². The second kappa shape index (κ2) is 17.6. The Kier molecular flexibility index (Phi) is 12.4. The van der Waals surface area contributed by atoms with E-state index in [-0.39, 0.29) is 58.9 Å². The van der Waals surface area contributed by atoms with E-state index in [4.69, 9.17) is 9.29 Å². The van der Waals surface area contributed by atoms with Gasteiger partial charge in [-0.25, -0.2) is 4.98 Å². The van der Waals surface area contributed by atoms with Crippen LogP contribution in [0.15, 0.2) is 126 Å². The lowest BCUT2D eigenvalue weighted by atomic mass is 10.1. The Hall–Kier alpha value is -6.65. The predicted molar refractivity (Wildman–Crippen MR) is 226 cm³/mol. The van der Waals surface area contributed by atoms with Crippen LogP contribution in [0.4, 0.5) is 33.6 Å². The van der Waals surface area contributed by atoms with Crippen LogP contribution in [0, 0.1) is 6.92 Å². The van der Waals surface area contributed by atoms with Crippen LogP contribution in [0.2, 0.25) is 0 Å². The summed E-state index contributed by atoms with van der Waals surface area (Å²) in [4.78, 5) is 3.28. The Morgan fingerprint density at radius 2 is 1.38 bits per heavy atom. The zero-order valence-corrected chi connectivity index (χ0v) is 35.4. The Balaban J connectivity index is 1.18. The van der Waals surface area contributed by atoms with Crippen molar-refractivity contribution in [2.75, 3.05) is 12.4 Å². The first-order valence-corrected chi connectivity index (χ1v) is 23.2. The normalized spacial score (nSPS) is 12.8. The number of phenolic OH excluding ortho intramolecular Hbond substituents is 1. The minimum absolute atomic E-state index is 0.0705. The summed E-state index contributed by atoms with van der Waals surface area (Å²) in [5.74, 6) is -1.64. The minimum Gasteiger partial charge on any atom is -0.505 e. The van der Waals surface area contributed by atoms with Crippen molar-refractivity contribution in [3.63, 3.8) is 0 Å². The number of rotatable bonds is 15. The highest BCUT2D eigenvalue weighted by atomic mass is 32.2. The van der Waals surface area contributed by atoms with Crippen LogP contribution in [-0.4, -0.2) is 81.4 Å². The number of aliphatic hydroxyl groups excluding tert-OH is 1. The number of hydrogen-bond acceptors (Lipinski definition) is 19. The fourth-order valence-electron chi connectivity index (χ4n) is 5.92. The third-order valence-electron chi connectivity index (χ3n) is 8.92. The molecule has 0 aliphatic heterocycles. The molecule has 0 saturated heterocycles. The van der Waals surface area contributed by atoms with Gasteiger partial charge in [0.05, 0.1) is 51.7 Å². The molecular weight excluding hydrogens is 907 g/mol. The summed E-state index contributed by atoms with van der Waals surface area (Å²) >= 11 is 1.25. The molecule has 6 N–H and O–H groups in total. The van der Waals surface area contributed by atoms with Crippen LogP contribution in [0.25, 0.3) is 26.7 Å². The summed E-state index contributed by atoms with van der Waals surface area (Å²) in [6.45, 7) is 1.38. The van der Waals surface area contributed by atoms with Gasteiger partial charge in [0.25, 0.3) is 30.4 Å². The maximum Gasteiger partial charge on any atom is 0.297 e. The molecule has 2 aromatic heterocycles. The molecule has 0 unspecified atom stereocenters. The number of aryl methyl sites for hydroxylation is 1. The van der Waals surface area contributed by atoms with Crippen molar-refractivity contribution < 1.29 is 59.0 Å². The van der Waals surface area contributed by atoms with Gasteiger partial charge < -0.3 is 20.1 Å². The highest BCUT2D eigenvalue weighted by molar-refractivity contribution is 7.86. The van der Waals surface area contributed by atoms with Crippen LogP contribution in [0.3, 0.4) is 0 Å². The maximum atomic E-state index is 12.7. The van der Waals surface area contributed by atoms with Crippen molar-refractivity contribution >= 4 is 96.2 Å². The minimum atomic E-state index is -5.05. The molecule has 22 nitrogen and oxygen atoms in total.